The average molecular weight is 465 g/mol. The smallest absolute Gasteiger partial charge is 0.124 e. The van der Waals surface area contributed by atoms with Crippen molar-refractivity contribution >= 4 is 11.6 Å². The van der Waals surface area contributed by atoms with Crippen molar-refractivity contribution in [3.8, 4) is 5.75 Å². The largest absolute Gasteiger partial charge is 0.488 e. The molecule has 0 radical (unpaired) electrons. The van der Waals surface area contributed by atoms with Crippen molar-refractivity contribution in [2.24, 2.45) is 0 Å². The molecule has 2 fully saturated rings. The summed E-state index contributed by atoms with van der Waals surface area (Å²) in [6, 6.07) is 12.8. The van der Waals surface area contributed by atoms with Gasteiger partial charge in [-0.1, -0.05) is 35.9 Å². The summed E-state index contributed by atoms with van der Waals surface area (Å²) < 4.78 is 11.5. The number of benzene rings is 2. The number of rotatable bonds is 6. The van der Waals surface area contributed by atoms with E-state index in [0.29, 0.717) is 22.8 Å². The molecule has 5 N–H and O–H groups in total. The second-order valence-electron chi connectivity index (χ2n) is 8.58. The highest BCUT2D eigenvalue weighted by Gasteiger charge is 2.44. The van der Waals surface area contributed by atoms with Crippen molar-refractivity contribution in [2.75, 3.05) is 6.61 Å². The van der Waals surface area contributed by atoms with Gasteiger partial charge in [0.25, 0.3) is 0 Å². The topological polar surface area (TPSA) is 120 Å². The minimum atomic E-state index is -1.43. The fraction of sp³-hybridized carbons (Fsp3) is 0.500. The van der Waals surface area contributed by atoms with E-state index in [4.69, 9.17) is 21.1 Å². The van der Waals surface area contributed by atoms with Gasteiger partial charge < -0.3 is 35.0 Å². The predicted octanol–water partition coefficient (Wildman–Crippen LogP) is 1.74. The molecule has 4 rings (SSSR count). The van der Waals surface area contributed by atoms with E-state index in [1.807, 2.05) is 24.3 Å². The number of halogens is 1. The Labute approximate surface area is 191 Å². The third kappa shape index (κ3) is 4.94. The van der Waals surface area contributed by atoms with Gasteiger partial charge in [-0.05, 0) is 60.6 Å². The van der Waals surface area contributed by atoms with Gasteiger partial charge in [-0.2, -0.15) is 0 Å². The lowest BCUT2D eigenvalue weighted by atomic mass is 9.90. The molecule has 7 atom stereocenters. The minimum Gasteiger partial charge on any atom is -0.488 e. The van der Waals surface area contributed by atoms with Crippen LogP contribution in [0.15, 0.2) is 42.5 Å². The summed E-state index contributed by atoms with van der Waals surface area (Å²) in [6.45, 7) is -0.478. The summed E-state index contributed by atoms with van der Waals surface area (Å²) in [5, 5.41) is 50.4. The molecule has 2 aliphatic rings. The first-order valence-electron chi connectivity index (χ1n) is 10.9. The van der Waals surface area contributed by atoms with Gasteiger partial charge in [-0.15, -0.1) is 0 Å². The molecule has 8 heteroatoms. The second-order valence-corrected chi connectivity index (χ2v) is 8.98. The van der Waals surface area contributed by atoms with Crippen LogP contribution in [0.2, 0.25) is 5.02 Å². The van der Waals surface area contributed by atoms with Gasteiger partial charge in [0.2, 0.25) is 0 Å². The average Bonchev–Trinajstić information content (AvgIpc) is 3.19. The molecule has 174 valence electrons. The summed E-state index contributed by atoms with van der Waals surface area (Å²) in [6.07, 6.45) is -3.52. The monoisotopic (exact) mass is 464 g/mol. The zero-order chi connectivity index (χ0) is 22.8. The Bertz CT molecular complexity index is 904. The zero-order valence-electron chi connectivity index (χ0n) is 17.5. The van der Waals surface area contributed by atoms with Crippen molar-refractivity contribution in [3.05, 3.63) is 64.2 Å². The second kappa shape index (κ2) is 10.1. The molecule has 1 aliphatic carbocycles. The fourth-order valence-corrected chi connectivity index (χ4v) is 4.59. The van der Waals surface area contributed by atoms with Crippen molar-refractivity contribution in [2.45, 2.75) is 68.4 Å². The van der Waals surface area contributed by atoms with Gasteiger partial charge in [-0.3, -0.25) is 0 Å². The maximum atomic E-state index is 10.4. The SMILES string of the molecule is OC[C@H]1O[C@@H](c2ccc(Cl)c(Cc3ccc(OC4CCCC4O)cc3)c2)[C@H](O)[C@@H](O)[C@@H]1O. The molecule has 0 spiro atoms. The highest BCUT2D eigenvalue weighted by molar-refractivity contribution is 6.31. The number of aliphatic hydroxyl groups excluding tert-OH is 5. The zero-order valence-corrected chi connectivity index (χ0v) is 18.3. The van der Waals surface area contributed by atoms with Gasteiger partial charge in [-0.25, -0.2) is 0 Å². The first-order chi connectivity index (χ1) is 15.4. The van der Waals surface area contributed by atoms with Crippen LogP contribution in [0.25, 0.3) is 0 Å². The number of ether oxygens (including phenoxy) is 2. The van der Waals surface area contributed by atoms with E-state index in [-0.39, 0.29) is 6.10 Å². The van der Waals surface area contributed by atoms with Crippen LogP contribution in [0.5, 0.6) is 5.75 Å². The first-order valence-corrected chi connectivity index (χ1v) is 11.3. The van der Waals surface area contributed by atoms with E-state index in [1.54, 1.807) is 18.2 Å². The molecule has 0 amide bonds. The van der Waals surface area contributed by atoms with Crippen molar-refractivity contribution in [1.29, 1.82) is 0 Å². The summed E-state index contributed by atoms with van der Waals surface area (Å²) in [4.78, 5) is 0. The molecule has 2 unspecified atom stereocenters. The number of aliphatic hydroxyl groups is 5. The van der Waals surface area contributed by atoms with Gasteiger partial charge in [0.05, 0.1) is 12.7 Å². The Hall–Kier alpha value is -1.71. The fourth-order valence-electron chi connectivity index (χ4n) is 4.41. The minimum absolute atomic E-state index is 0.162. The summed E-state index contributed by atoms with van der Waals surface area (Å²) in [5.74, 6) is 0.709. The van der Waals surface area contributed by atoms with Crippen LogP contribution in [-0.2, 0) is 11.2 Å². The summed E-state index contributed by atoms with van der Waals surface area (Å²) in [7, 11) is 0. The molecule has 1 heterocycles. The summed E-state index contributed by atoms with van der Waals surface area (Å²) in [5.41, 5.74) is 2.40. The Balaban J connectivity index is 1.48. The quantitative estimate of drug-likeness (QED) is 0.441. The molecule has 2 aromatic carbocycles. The molecular formula is C24H29ClO7. The van der Waals surface area contributed by atoms with Crippen LogP contribution in [0.1, 0.15) is 42.1 Å². The standard InChI is InChI=1S/C24H29ClO7/c25-17-9-6-14(24-23(30)22(29)21(28)20(12-26)32-24)11-15(17)10-13-4-7-16(8-5-13)31-19-3-1-2-18(19)27/h4-9,11,18-24,26-30H,1-3,10,12H2/t18?,19?,20-,21-,22+,23-,24+/m1/s1. The Morgan fingerprint density at radius 3 is 2.34 bits per heavy atom. The Morgan fingerprint density at radius 1 is 0.938 bits per heavy atom. The van der Waals surface area contributed by atoms with E-state index in [2.05, 4.69) is 0 Å². The highest BCUT2D eigenvalue weighted by atomic mass is 35.5. The Kier molecular flexibility index (Phi) is 7.37. The Morgan fingerprint density at radius 2 is 1.69 bits per heavy atom. The predicted molar refractivity (Wildman–Crippen MR) is 118 cm³/mol. The van der Waals surface area contributed by atoms with Gasteiger partial charge in [0.15, 0.2) is 0 Å². The molecule has 0 bridgehead atoms. The van der Waals surface area contributed by atoms with E-state index in [1.165, 1.54) is 0 Å². The normalized spacial score (nSPS) is 32.8. The highest BCUT2D eigenvalue weighted by Crippen LogP contribution is 2.34. The van der Waals surface area contributed by atoms with Crippen molar-refractivity contribution < 1.29 is 35.0 Å². The molecule has 2 aromatic rings. The lowest BCUT2D eigenvalue weighted by Crippen LogP contribution is -2.55. The van der Waals surface area contributed by atoms with E-state index >= 15 is 0 Å². The maximum Gasteiger partial charge on any atom is 0.124 e. The van der Waals surface area contributed by atoms with E-state index in [9.17, 15) is 25.5 Å². The van der Waals surface area contributed by atoms with Crippen molar-refractivity contribution in [3.63, 3.8) is 0 Å². The molecule has 0 aromatic heterocycles. The van der Waals surface area contributed by atoms with Crippen LogP contribution >= 0.6 is 11.6 Å². The van der Waals surface area contributed by atoms with E-state index in [0.717, 1.165) is 30.4 Å². The molecule has 7 nitrogen and oxygen atoms in total. The van der Waals surface area contributed by atoms with Gasteiger partial charge >= 0.3 is 0 Å². The van der Waals surface area contributed by atoms with E-state index < -0.39 is 43.2 Å². The van der Waals surface area contributed by atoms with Crippen LogP contribution < -0.4 is 4.74 Å². The summed E-state index contributed by atoms with van der Waals surface area (Å²) >= 11 is 6.40. The van der Waals surface area contributed by atoms with Crippen molar-refractivity contribution in [1.82, 2.24) is 0 Å². The number of hydrogen-bond donors (Lipinski definition) is 5. The van der Waals surface area contributed by atoms with Crippen LogP contribution in [-0.4, -0.2) is 68.8 Å². The lowest BCUT2D eigenvalue weighted by Gasteiger charge is -2.40. The molecule has 1 aliphatic heterocycles. The van der Waals surface area contributed by atoms with Crippen LogP contribution in [0.4, 0.5) is 0 Å². The maximum absolute atomic E-state index is 10.4. The number of hydrogen-bond acceptors (Lipinski definition) is 7. The third-order valence-corrected chi connectivity index (χ3v) is 6.68. The molecule has 32 heavy (non-hydrogen) atoms. The van der Waals surface area contributed by atoms with Crippen LogP contribution in [0.3, 0.4) is 0 Å². The lowest BCUT2D eigenvalue weighted by molar-refractivity contribution is -0.231. The van der Waals surface area contributed by atoms with Gasteiger partial charge in [0, 0.05) is 5.02 Å². The molecular weight excluding hydrogens is 436 g/mol. The third-order valence-electron chi connectivity index (χ3n) is 6.31. The molecule has 1 saturated carbocycles. The molecule has 1 saturated heterocycles. The van der Waals surface area contributed by atoms with Crippen LogP contribution in [0, 0.1) is 0 Å². The first kappa shape index (κ1) is 23.4. The van der Waals surface area contributed by atoms with Gasteiger partial charge in [0.1, 0.15) is 42.4 Å².